The van der Waals surface area contributed by atoms with Gasteiger partial charge in [0.15, 0.2) is 6.04 Å². The fourth-order valence-corrected chi connectivity index (χ4v) is 4.46. The summed E-state index contributed by atoms with van der Waals surface area (Å²) in [6, 6.07) is 15.5. The number of morpholine rings is 1. The highest BCUT2D eigenvalue weighted by molar-refractivity contribution is 5.79. The number of ether oxygens (including phenoxy) is 2. The lowest BCUT2D eigenvalue weighted by atomic mass is 10.0. The molecule has 1 aliphatic rings. The summed E-state index contributed by atoms with van der Waals surface area (Å²) in [5.41, 5.74) is 3.55. The summed E-state index contributed by atoms with van der Waals surface area (Å²) < 4.78 is 12.6. The van der Waals surface area contributed by atoms with Crippen molar-refractivity contribution in [3.05, 3.63) is 81.4 Å². The van der Waals surface area contributed by atoms with E-state index in [0.29, 0.717) is 31.1 Å². The van der Waals surface area contributed by atoms with Gasteiger partial charge in [-0.1, -0.05) is 23.8 Å². The predicted octanol–water partition coefficient (Wildman–Crippen LogP) is 0.884. The molecule has 9 nitrogen and oxygen atoms in total. The van der Waals surface area contributed by atoms with Crippen LogP contribution in [0, 0.1) is 6.92 Å². The average molecular weight is 448 g/mol. The molecular formula is C24H27N6O3+. The van der Waals surface area contributed by atoms with E-state index < -0.39 is 0 Å². The number of hydrogen-bond acceptors (Lipinski definition) is 6. The van der Waals surface area contributed by atoms with Crippen LogP contribution in [0.1, 0.15) is 28.6 Å². The first-order chi connectivity index (χ1) is 16.1. The SMILES string of the molecule is COc1ccc(Cn2nnnc2[C@H](c2cc3cc(C)ccc3[nH]c2=O)[NH+]2CCOCC2)cc1. The Morgan fingerprint density at radius 2 is 1.94 bits per heavy atom. The third-order valence-corrected chi connectivity index (χ3v) is 6.19. The molecule has 0 spiro atoms. The van der Waals surface area contributed by atoms with Crippen molar-refractivity contribution in [2.75, 3.05) is 33.4 Å². The highest BCUT2D eigenvalue weighted by atomic mass is 16.5. The van der Waals surface area contributed by atoms with E-state index in [4.69, 9.17) is 9.47 Å². The van der Waals surface area contributed by atoms with Crippen molar-refractivity contribution in [2.45, 2.75) is 19.5 Å². The number of pyridine rings is 1. The Morgan fingerprint density at radius 1 is 1.15 bits per heavy atom. The Balaban J connectivity index is 1.58. The number of rotatable bonds is 6. The monoisotopic (exact) mass is 447 g/mol. The first kappa shape index (κ1) is 21.3. The molecular weight excluding hydrogens is 420 g/mol. The Labute approximate surface area is 190 Å². The molecule has 1 atom stereocenters. The van der Waals surface area contributed by atoms with Crippen molar-refractivity contribution in [1.29, 1.82) is 0 Å². The van der Waals surface area contributed by atoms with E-state index in [9.17, 15) is 4.79 Å². The molecule has 4 aromatic rings. The number of quaternary nitrogens is 1. The molecule has 1 fully saturated rings. The molecule has 1 aliphatic heterocycles. The van der Waals surface area contributed by atoms with Crippen molar-refractivity contribution in [3.63, 3.8) is 0 Å². The molecule has 33 heavy (non-hydrogen) atoms. The molecule has 0 unspecified atom stereocenters. The van der Waals surface area contributed by atoms with Crippen LogP contribution in [-0.2, 0) is 11.3 Å². The van der Waals surface area contributed by atoms with E-state index >= 15 is 0 Å². The molecule has 0 amide bonds. The van der Waals surface area contributed by atoms with Gasteiger partial charge in [0, 0.05) is 5.52 Å². The van der Waals surface area contributed by atoms with Crippen LogP contribution in [0.5, 0.6) is 5.75 Å². The summed E-state index contributed by atoms with van der Waals surface area (Å²) in [4.78, 5) is 17.5. The van der Waals surface area contributed by atoms with Gasteiger partial charge >= 0.3 is 0 Å². The van der Waals surface area contributed by atoms with Gasteiger partial charge in [0.1, 0.15) is 18.8 Å². The number of hydrogen-bond donors (Lipinski definition) is 2. The van der Waals surface area contributed by atoms with Crippen LogP contribution in [0.3, 0.4) is 0 Å². The van der Waals surface area contributed by atoms with Crippen molar-refractivity contribution in [3.8, 4) is 5.75 Å². The highest BCUT2D eigenvalue weighted by Gasteiger charge is 2.35. The molecule has 1 saturated heterocycles. The lowest BCUT2D eigenvalue weighted by Gasteiger charge is -2.30. The Kier molecular flexibility index (Phi) is 5.89. The lowest BCUT2D eigenvalue weighted by Crippen LogP contribution is -3.14. The van der Waals surface area contributed by atoms with Gasteiger partial charge < -0.3 is 19.4 Å². The summed E-state index contributed by atoms with van der Waals surface area (Å²) in [7, 11) is 1.65. The fourth-order valence-electron chi connectivity index (χ4n) is 4.46. The van der Waals surface area contributed by atoms with Crippen LogP contribution in [0.4, 0.5) is 0 Å². The van der Waals surface area contributed by atoms with Crippen LogP contribution >= 0.6 is 0 Å². The molecule has 3 heterocycles. The van der Waals surface area contributed by atoms with E-state index in [-0.39, 0.29) is 11.6 Å². The number of fused-ring (bicyclic) bond motifs is 1. The zero-order chi connectivity index (χ0) is 22.8. The summed E-state index contributed by atoms with van der Waals surface area (Å²) in [6.07, 6.45) is 0. The van der Waals surface area contributed by atoms with Crippen LogP contribution in [0.2, 0.25) is 0 Å². The van der Waals surface area contributed by atoms with Crippen molar-refractivity contribution in [1.82, 2.24) is 25.2 Å². The van der Waals surface area contributed by atoms with Crippen LogP contribution in [0.25, 0.3) is 10.9 Å². The molecule has 0 bridgehead atoms. The summed E-state index contributed by atoms with van der Waals surface area (Å²) >= 11 is 0. The molecule has 9 heteroatoms. The molecule has 0 saturated carbocycles. The quantitative estimate of drug-likeness (QED) is 0.455. The Hall–Kier alpha value is -3.56. The fraction of sp³-hybridized carbons (Fsp3) is 0.333. The number of H-pyrrole nitrogens is 1. The minimum Gasteiger partial charge on any atom is -0.497 e. The standard InChI is InChI=1S/C24H26N6O3/c1-16-3-8-21-18(13-16)14-20(24(31)25-21)22(29-9-11-33-12-10-29)23-26-27-28-30(23)15-17-4-6-19(32-2)7-5-17/h3-8,13-14,22H,9-12,15H2,1-2H3,(H,25,31)/p+1/t22-/m0/s1. The molecule has 2 aromatic heterocycles. The molecule has 0 radical (unpaired) electrons. The molecule has 170 valence electrons. The largest absolute Gasteiger partial charge is 0.497 e. The second-order valence-corrected chi connectivity index (χ2v) is 8.39. The third-order valence-electron chi connectivity index (χ3n) is 6.19. The number of methoxy groups -OCH3 is 1. The number of benzene rings is 2. The number of nitrogens with one attached hydrogen (secondary N) is 2. The maximum atomic E-state index is 13.2. The maximum Gasteiger partial charge on any atom is 0.258 e. The van der Waals surface area contributed by atoms with Crippen LogP contribution in [-0.4, -0.2) is 58.6 Å². The van der Waals surface area contributed by atoms with Gasteiger partial charge in [-0.2, -0.15) is 0 Å². The number of tetrazole rings is 1. The smallest absolute Gasteiger partial charge is 0.258 e. The van der Waals surface area contributed by atoms with E-state index in [0.717, 1.165) is 40.9 Å². The maximum absolute atomic E-state index is 13.2. The van der Waals surface area contributed by atoms with Gasteiger partial charge in [-0.25, -0.2) is 4.68 Å². The van der Waals surface area contributed by atoms with Crippen molar-refractivity contribution < 1.29 is 14.4 Å². The van der Waals surface area contributed by atoms with E-state index in [1.165, 1.54) is 4.90 Å². The molecule has 0 aliphatic carbocycles. The Bertz CT molecular complexity index is 1310. The second-order valence-electron chi connectivity index (χ2n) is 8.39. The normalized spacial score (nSPS) is 15.6. The minimum absolute atomic E-state index is 0.116. The second kappa shape index (κ2) is 9.13. The zero-order valence-corrected chi connectivity index (χ0v) is 18.7. The predicted molar refractivity (Wildman–Crippen MR) is 123 cm³/mol. The molecule has 2 aromatic carbocycles. The highest BCUT2D eigenvalue weighted by Crippen LogP contribution is 2.20. The van der Waals surface area contributed by atoms with Gasteiger partial charge in [0.05, 0.1) is 32.4 Å². The number of nitrogens with zero attached hydrogens (tertiary/aromatic N) is 4. The third kappa shape index (κ3) is 4.37. The van der Waals surface area contributed by atoms with Gasteiger partial charge in [0.25, 0.3) is 5.56 Å². The first-order valence-corrected chi connectivity index (χ1v) is 11.1. The van der Waals surface area contributed by atoms with Gasteiger partial charge in [-0.3, -0.25) is 4.79 Å². The van der Waals surface area contributed by atoms with E-state index in [2.05, 4.69) is 26.6 Å². The van der Waals surface area contributed by atoms with E-state index in [1.54, 1.807) is 11.8 Å². The summed E-state index contributed by atoms with van der Waals surface area (Å²) in [5.74, 6) is 1.46. The van der Waals surface area contributed by atoms with Gasteiger partial charge in [-0.05, 0) is 58.6 Å². The topological polar surface area (TPSA) is 99.4 Å². The van der Waals surface area contributed by atoms with Crippen molar-refractivity contribution >= 4 is 10.9 Å². The lowest BCUT2D eigenvalue weighted by molar-refractivity contribution is -0.933. The number of aromatic nitrogens is 5. The van der Waals surface area contributed by atoms with E-state index in [1.807, 2.05) is 49.4 Å². The minimum atomic E-state index is -0.309. The van der Waals surface area contributed by atoms with Crippen LogP contribution < -0.4 is 15.2 Å². The molecule has 5 rings (SSSR count). The van der Waals surface area contributed by atoms with Crippen LogP contribution in [0.15, 0.2) is 53.3 Å². The zero-order valence-electron chi connectivity index (χ0n) is 18.7. The summed E-state index contributed by atoms with van der Waals surface area (Å²) in [5, 5.41) is 13.6. The van der Waals surface area contributed by atoms with Gasteiger partial charge in [-0.15, -0.1) is 5.10 Å². The number of aryl methyl sites for hydroxylation is 1. The first-order valence-electron chi connectivity index (χ1n) is 11.1. The van der Waals surface area contributed by atoms with Crippen molar-refractivity contribution in [2.24, 2.45) is 0 Å². The molecule has 2 N–H and O–H groups in total. The van der Waals surface area contributed by atoms with Gasteiger partial charge in [0.2, 0.25) is 5.82 Å². The average Bonchev–Trinajstić information content (AvgIpc) is 3.28. The summed E-state index contributed by atoms with van der Waals surface area (Å²) in [6.45, 7) is 5.35. The number of aromatic amines is 1. The Morgan fingerprint density at radius 3 is 2.70 bits per heavy atom.